The molecule has 2 aromatic carbocycles. The number of carbonyl (C=O) groups excluding carboxylic acids is 2. The number of sulfonamides is 1. The Labute approximate surface area is 189 Å². The molecule has 0 spiro atoms. The van der Waals surface area contributed by atoms with E-state index in [1.165, 1.54) is 16.4 Å². The molecule has 1 saturated heterocycles. The molecule has 32 heavy (non-hydrogen) atoms. The van der Waals surface area contributed by atoms with Crippen LogP contribution in [-0.4, -0.2) is 50.8 Å². The summed E-state index contributed by atoms with van der Waals surface area (Å²) >= 11 is 0. The summed E-state index contributed by atoms with van der Waals surface area (Å²) in [4.78, 5) is 25.0. The van der Waals surface area contributed by atoms with E-state index in [9.17, 15) is 18.0 Å². The van der Waals surface area contributed by atoms with Crippen molar-refractivity contribution in [2.75, 3.05) is 31.6 Å². The highest BCUT2D eigenvalue weighted by atomic mass is 32.2. The monoisotopic (exact) mass is 459 g/mol. The number of benzene rings is 2. The second-order valence-electron chi connectivity index (χ2n) is 7.63. The second-order valence-corrected chi connectivity index (χ2v) is 9.57. The van der Waals surface area contributed by atoms with Crippen LogP contribution in [0.2, 0.25) is 0 Å². The third-order valence-corrected chi connectivity index (χ3v) is 7.16. The Kier molecular flexibility index (Phi) is 7.87. The number of carbonyl (C=O) groups is 2. The molecule has 1 aliphatic heterocycles. The maximum absolute atomic E-state index is 12.9. The summed E-state index contributed by atoms with van der Waals surface area (Å²) in [5.74, 6) is -0.189. The molecule has 172 valence electrons. The predicted octanol–water partition coefficient (Wildman–Crippen LogP) is 2.94. The zero-order valence-electron chi connectivity index (χ0n) is 18.4. The fourth-order valence-electron chi connectivity index (χ4n) is 3.52. The van der Waals surface area contributed by atoms with Crippen molar-refractivity contribution in [1.29, 1.82) is 0 Å². The number of piperidine rings is 1. The Balaban J connectivity index is 1.63. The first kappa shape index (κ1) is 23.7. The van der Waals surface area contributed by atoms with Gasteiger partial charge in [-0.05, 0) is 68.7 Å². The average molecular weight is 460 g/mol. The molecule has 3 rings (SSSR count). The van der Waals surface area contributed by atoms with Crippen molar-refractivity contribution in [2.24, 2.45) is 0 Å². The molecule has 9 heteroatoms. The number of ether oxygens (including phenoxy) is 1. The third kappa shape index (κ3) is 5.86. The highest BCUT2D eigenvalue weighted by Gasteiger charge is 2.27. The third-order valence-electron chi connectivity index (χ3n) is 5.27. The number of amides is 2. The Hall–Kier alpha value is -2.91. The van der Waals surface area contributed by atoms with E-state index in [-0.39, 0.29) is 17.0 Å². The van der Waals surface area contributed by atoms with Gasteiger partial charge in [0.2, 0.25) is 15.9 Å². The lowest BCUT2D eigenvalue weighted by atomic mass is 10.1. The Morgan fingerprint density at radius 1 is 1.03 bits per heavy atom. The summed E-state index contributed by atoms with van der Waals surface area (Å²) in [5.41, 5.74) is 1.45. The minimum absolute atomic E-state index is 0.0917. The van der Waals surface area contributed by atoms with Crippen molar-refractivity contribution < 1.29 is 22.7 Å². The van der Waals surface area contributed by atoms with E-state index in [2.05, 4.69) is 10.6 Å². The average Bonchev–Trinajstić information content (AvgIpc) is 2.79. The molecule has 0 aliphatic carbocycles. The van der Waals surface area contributed by atoms with Gasteiger partial charge in [-0.3, -0.25) is 9.59 Å². The predicted molar refractivity (Wildman–Crippen MR) is 122 cm³/mol. The maximum Gasteiger partial charge on any atom is 0.252 e. The van der Waals surface area contributed by atoms with Crippen LogP contribution in [0, 0.1) is 6.92 Å². The molecular formula is C23H29N3O5S. The van der Waals surface area contributed by atoms with E-state index >= 15 is 0 Å². The number of hydrogen-bond donors (Lipinski definition) is 2. The number of rotatable bonds is 8. The van der Waals surface area contributed by atoms with Gasteiger partial charge in [0.25, 0.3) is 5.91 Å². The zero-order valence-corrected chi connectivity index (χ0v) is 19.2. The van der Waals surface area contributed by atoms with Crippen molar-refractivity contribution in [1.82, 2.24) is 9.62 Å². The Morgan fingerprint density at radius 2 is 1.72 bits per heavy atom. The lowest BCUT2D eigenvalue weighted by Crippen LogP contribution is -2.36. The van der Waals surface area contributed by atoms with Crippen LogP contribution >= 0.6 is 0 Å². The van der Waals surface area contributed by atoms with Crippen LogP contribution in [0.5, 0.6) is 5.75 Å². The summed E-state index contributed by atoms with van der Waals surface area (Å²) in [6.07, 6.45) is 2.69. The van der Waals surface area contributed by atoms with E-state index in [0.29, 0.717) is 36.7 Å². The van der Waals surface area contributed by atoms with E-state index in [1.54, 1.807) is 37.3 Å². The molecule has 2 N–H and O–H groups in total. The first-order chi connectivity index (χ1) is 15.3. The van der Waals surface area contributed by atoms with Crippen molar-refractivity contribution in [3.8, 4) is 5.75 Å². The largest absolute Gasteiger partial charge is 0.494 e. The van der Waals surface area contributed by atoms with Gasteiger partial charge in [0.1, 0.15) is 5.75 Å². The Bertz CT molecular complexity index is 1060. The topological polar surface area (TPSA) is 105 Å². The number of anilines is 1. The number of aryl methyl sites for hydroxylation is 1. The van der Waals surface area contributed by atoms with Gasteiger partial charge in [-0.1, -0.05) is 12.5 Å². The molecule has 0 bridgehead atoms. The summed E-state index contributed by atoms with van der Waals surface area (Å²) in [6.45, 7) is 4.91. The van der Waals surface area contributed by atoms with E-state index in [1.807, 2.05) is 6.92 Å². The fraction of sp³-hybridized carbons (Fsp3) is 0.391. The molecule has 0 atom stereocenters. The van der Waals surface area contributed by atoms with Crippen molar-refractivity contribution in [3.05, 3.63) is 53.6 Å². The zero-order chi connectivity index (χ0) is 23.1. The molecule has 2 amide bonds. The van der Waals surface area contributed by atoms with E-state index in [4.69, 9.17) is 4.74 Å². The molecule has 0 radical (unpaired) electrons. The van der Waals surface area contributed by atoms with Gasteiger partial charge >= 0.3 is 0 Å². The SMILES string of the molecule is CCOc1ccc(NC(=O)CNC(=O)c2cc(S(=O)(=O)N3CCCCC3)ccc2C)cc1. The molecule has 1 aliphatic rings. The van der Waals surface area contributed by atoms with Gasteiger partial charge in [0.15, 0.2) is 0 Å². The van der Waals surface area contributed by atoms with Crippen LogP contribution in [-0.2, 0) is 14.8 Å². The molecule has 0 saturated carbocycles. The summed E-state index contributed by atoms with van der Waals surface area (Å²) < 4.78 is 32.7. The fourth-order valence-corrected chi connectivity index (χ4v) is 5.07. The molecule has 2 aromatic rings. The van der Waals surface area contributed by atoms with Crippen molar-refractivity contribution >= 4 is 27.5 Å². The van der Waals surface area contributed by atoms with Crippen LogP contribution in [0.25, 0.3) is 0 Å². The molecule has 8 nitrogen and oxygen atoms in total. The first-order valence-corrected chi connectivity index (χ1v) is 12.2. The van der Waals surface area contributed by atoms with Gasteiger partial charge in [-0.25, -0.2) is 8.42 Å². The minimum atomic E-state index is -3.65. The van der Waals surface area contributed by atoms with E-state index < -0.39 is 21.8 Å². The minimum Gasteiger partial charge on any atom is -0.494 e. The van der Waals surface area contributed by atoms with Gasteiger partial charge < -0.3 is 15.4 Å². The molecule has 1 fully saturated rings. The second kappa shape index (κ2) is 10.6. The van der Waals surface area contributed by atoms with Crippen LogP contribution in [0.15, 0.2) is 47.4 Å². The number of nitrogens with zero attached hydrogens (tertiary/aromatic N) is 1. The highest BCUT2D eigenvalue weighted by Crippen LogP contribution is 2.23. The van der Waals surface area contributed by atoms with Gasteiger partial charge in [-0.2, -0.15) is 4.31 Å². The smallest absolute Gasteiger partial charge is 0.252 e. The summed E-state index contributed by atoms with van der Waals surface area (Å²) in [5, 5.41) is 5.27. The van der Waals surface area contributed by atoms with Crippen molar-refractivity contribution in [2.45, 2.75) is 38.0 Å². The van der Waals surface area contributed by atoms with Crippen molar-refractivity contribution in [3.63, 3.8) is 0 Å². The summed E-state index contributed by atoms with van der Waals surface area (Å²) in [6, 6.07) is 11.4. The standard InChI is InChI=1S/C23H29N3O5S/c1-3-31-19-10-8-18(9-11-19)25-22(27)16-24-23(28)21-15-20(12-7-17(21)2)32(29,30)26-13-5-4-6-14-26/h7-12,15H,3-6,13-14,16H2,1-2H3,(H,24,28)(H,25,27). The van der Waals surface area contributed by atoms with Gasteiger partial charge in [0.05, 0.1) is 18.0 Å². The Morgan fingerprint density at radius 3 is 2.38 bits per heavy atom. The van der Waals surface area contributed by atoms with Crippen LogP contribution < -0.4 is 15.4 Å². The number of nitrogens with one attached hydrogen (secondary N) is 2. The first-order valence-electron chi connectivity index (χ1n) is 10.7. The molecule has 1 heterocycles. The highest BCUT2D eigenvalue weighted by molar-refractivity contribution is 7.89. The van der Waals surface area contributed by atoms with Crippen LogP contribution in [0.1, 0.15) is 42.1 Å². The molecular weight excluding hydrogens is 430 g/mol. The van der Waals surface area contributed by atoms with Gasteiger partial charge in [0, 0.05) is 24.3 Å². The molecule has 0 unspecified atom stereocenters. The lowest BCUT2D eigenvalue weighted by molar-refractivity contribution is -0.115. The van der Waals surface area contributed by atoms with Crippen LogP contribution in [0.3, 0.4) is 0 Å². The van der Waals surface area contributed by atoms with Crippen LogP contribution in [0.4, 0.5) is 5.69 Å². The number of hydrogen-bond acceptors (Lipinski definition) is 5. The lowest BCUT2D eigenvalue weighted by Gasteiger charge is -2.26. The quantitative estimate of drug-likeness (QED) is 0.632. The summed E-state index contributed by atoms with van der Waals surface area (Å²) in [7, 11) is -3.65. The van der Waals surface area contributed by atoms with E-state index in [0.717, 1.165) is 19.3 Å². The molecule has 0 aromatic heterocycles. The van der Waals surface area contributed by atoms with Gasteiger partial charge in [-0.15, -0.1) is 0 Å². The normalized spacial score (nSPS) is 14.6. The maximum atomic E-state index is 12.9.